The quantitative estimate of drug-likeness (QED) is 0.385. The first-order chi connectivity index (χ1) is 8.65. The van der Waals surface area contributed by atoms with Gasteiger partial charge in [0.1, 0.15) is 13.2 Å². The van der Waals surface area contributed by atoms with Crippen LogP contribution in [0.5, 0.6) is 0 Å². The molecule has 0 radical (unpaired) electrons. The Morgan fingerprint density at radius 3 is 1.80 bits per heavy atom. The number of rotatable bonds is 1. The van der Waals surface area contributed by atoms with E-state index in [2.05, 4.69) is 38.4 Å². The van der Waals surface area contributed by atoms with E-state index < -0.39 is 19.5 Å². The molecule has 118 valence electrons. The average molecular weight is 414 g/mol. The predicted octanol–water partition coefficient (Wildman–Crippen LogP) is 3.93. The van der Waals surface area contributed by atoms with Crippen molar-refractivity contribution in [3.05, 3.63) is 35.9 Å². The first kappa shape index (κ1) is 17.6. The van der Waals surface area contributed by atoms with Gasteiger partial charge in [-0.05, 0) is 0 Å². The number of quaternary nitrogens is 1. The number of likely N-dealkylation sites (N-methyl/N-ethyl adjacent to an activating group) is 1. The van der Waals surface area contributed by atoms with E-state index in [0.29, 0.717) is 0 Å². The molecule has 0 amide bonds. The number of nitrogens with zero attached hydrogens (tertiary/aromatic N) is 1. The first-order valence-electron chi connectivity index (χ1n) is 5.71. The second kappa shape index (κ2) is 4.78. The topological polar surface area (TPSA) is 9.23 Å². The van der Waals surface area contributed by atoms with Crippen molar-refractivity contribution in [1.82, 2.24) is 0 Å². The number of benzene rings is 1. The van der Waals surface area contributed by atoms with Crippen LogP contribution in [0, 0.1) is 0 Å². The molecular weight excluding hydrogens is 398 g/mol. The van der Waals surface area contributed by atoms with Crippen LogP contribution in [0.3, 0.4) is 0 Å². The van der Waals surface area contributed by atoms with E-state index in [9.17, 15) is 16.9 Å². The molecule has 0 N–H and O–H groups in total. The Balaban J connectivity index is 0.000000246. The van der Waals surface area contributed by atoms with E-state index in [0.717, 1.165) is 17.6 Å². The van der Waals surface area contributed by atoms with Gasteiger partial charge in [0, 0.05) is 5.56 Å². The zero-order valence-corrected chi connectivity index (χ0v) is 13.5. The van der Waals surface area contributed by atoms with Crippen molar-refractivity contribution in [3.63, 3.8) is 0 Å². The van der Waals surface area contributed by atoms with Gasteiger partial charge in [-0.2, -0.15) is 0 Å². The number of hydrogen-bond donors (Lipinski definition) is 0. The molecule has 1 aromatic rings. The molecule has 1 unspecified atom stereocenters. The van der Waals surface area contributed by atoms with Crippen molar-refractivity contribution in [3.8, 4) is 0 Å². The number of ether oxygens (including phenoxy) is 1. The maximum absolute atomic E-state index is 11.2. The Bertz CT molecular complexity index is 446. The Morgan fingerprint density at radius 2 is 1.45 bits per heavy atom. The first-order valence-corrected chi connectivity index (χ1v) is 11.5. The molecule has 0 bridgehead atoms. The summed E-state index contributed by atoms with van der Waals surface area (Å²) in [6.07, 6.45) is 0.223. The van der Waals surface area contributed by atoms with Gasteiger partial charge in [0.05, 0.1) is 14.1 Å². The summed E-state index contributed by atoms with van der Waals surface area (Å²) in [5, 5.41) is 0. The molecule has 1 fully saturated rings. The second-order valence-corrected chi connectivity index (χ2v) is 10.6. The predicted molar refractivity (Wildman–Crippen MR) is 64.5 cm³/mol. The van der Waals surface area contributed by atoms with Gasteiger partial charge in [0.25, 0.3) is 0 Å². The Labute approximate surface area is 115 Å². The molecule has 1 atom stereocenters. The third kappa shape index (κ3) is 7.97. The van der Waals surface area contributed by atoms with Gasteiger partial charge < -0.3 is 4.74 Å². The average Bonchev–Trinajstić information content (AvgIpc) is 2.55. The maximum atomic E-state index is 9.93. The van der Waals surface area contributed by atoms with Gasteiger partial charge >= 0.3 is 36.4 Å². The third-order valence-corrected chi connectivity index (χ3v) is 2.66. The van der Waals surface area contributed by atoms with Crippen LogP contribution in [-0.4, -0.2) is 51.2 Å². The molecule has 0 aliphatic carbocycles. The summed E-state index contributed by atoms with van der Waals surface area (Å²) in [6.45, 7) is 1.96. The number of hydrogen-bond acceptors (Lipinski definition) is 1. The fraction of sp³-hybridized carbons (Fsp3) is 0.455. The molecule has 1 aliphatic heterocycles. The van der Waals surface area contributed by atoms with Crippen molar-refractivity contribution in [1.29, 1.82) is 0 Å². The van der Waals surface area contributed by atoms with E-state index in [4.69, 9.17) is 4.74 Å². The van der Waals surface area contributed by atoms with Crippen molar-refractivity contribution in [2.45, 2.75) is 6.23 Å². The molecule has 1 heterocycles. The Kier molecular flexibility index (Phi) is 4.20. The van der Waals surface area contributed by atoms with Crippen LogP contribution < -0.4 is 0 Å². The van der Waals surface area contributed by atoms with E-state index >= 15 is 0 Å². The van der Waals surface area contributed by atoms with Gasteiger partial charge in [-0.15, -0.1) is 0 Å². The molecule has 9 heteroatoms. The molecule has 1 aromatic carbocycles. The second-order valence-electron chi connectivity index (χ2n) is 5.09. The van der Waals surface area contributed by atoms with E-state index in [1.165, 1.54) is 5.56 Å². The zero-order chi connectivity index (χ0) is 15.7. The van der Waals surface area contributed by atoms with Gasteiger partial charge in [-0.25, -0.2) is 0 Å². The summed E-state index contributed by atoms with van der Waals surface area (Å²) in [7, 11) is 4.43. The van der Waals surface area contributed by atoms with Crippen LogP contribution in [0.1, 0.15) is 11.8 Å². The summed E-state index contributed by atoms with van der Waals surface area (Å²) in [6, 6.07) is 10.4. The van der Waals surface area contributed by atoms with Crippen molar-refractivity contribution in [2.24, 2.45) is 0 Å². The van der Waals surface area contributed by atoms with E-state index in [-0.39, 0.29) is 6.23 Å². The molecule has 20 heavy (non-hydrogen) atoms. The summed E-state index contributed by atoms with van der Waals surface area (Å²) in [4.78, 5) is 0. The SMILES string of the molecule is C[N+]1(C)CCOC1c1ccccc1.[F][Sb-]([F])([F])([F])([F])[F]. The normalized spacial score (nSPS) is 25.1. The molecule has 0 saturated carbocycles. The molecule has 0 spiro atoms. The van der Waals surface area contributed by atoms with Gasteiger partial charge in [-0.1, -0.05) is 30.3 Å². The van der Waals surface area contributed by atoms with Gasteiger partial charge in [0.15, 0.2) is 0 Å². The van der Waals surface area contributed by atoms with Crippen molar-refractivity contribution in [2.75, 3.05) is 27.2 Å². The van der Waals surface area contributed by atoms with Crippen LogP contribution in [0.4, 0.5) is 16.9 Å². The van der Waals surface area contributed by atoms with Gasteiger partial charge in [-0.3, -0.25) is 4.48 Å². The van der Waals surface area contributed by atoms with E-state index in [1.54, 1.807) is 0 Å². The minimum absolute atomic E-state index is 0.223. The van der Waals surface area contributed by atoms with Crippen molar-refractivity contribution < 1.29 is 26.1 Å². The van der Waals surface area contributed by atoms with Gasteiger partial charge in [0.2, 0.25) is 6.23 Å². The Hall–Kier alpha value is -0.462. The summed E-state index contributed by atoms with van der Waals surface area (Å²) in [5.74, 6) is 0. The standard InChI is InChI=1S/C11H16NO.6FH.Sb/c1-12(2)8-9-13-11(12)10-6-4-3-5-7-10;;;;;;;/h3-7,11H,8-9H2,1-2H3;6*1H;/q+1;;;;;;;+5/p-6. The van der Waals surface area contributed by atoms with Crippen molar-refractivity contribution >= 4 is 19.5 Å². The zero-order valence-electron chi connectivity index (χ0n) is 10.9. The third-order valence-electron chi connectivity index (χ3n) is 2.66. The molecule has 0 aromatic heterocycles. The molecular formula is C11H16F6NOSb. The molecule has 2 nitrogen and oxygen atoms in total. The van der Waals surface area contributed by atoms with Crippen LogP contribution in [0.2, 0.25) is 0 Å². The van der Waals surface area contributed by atoms with E-state index in [1.807, 2.05) is 6.07 Å². The monoisotopic (exact) mass is 413 g/mol. The summed E-state index contributed by atoms with van der Waals surface area (Å²) >= 11 is -11.2. The van der Waals surface area contributed by atoms with Crippen LogP contribution in [0.25, 0.3) is 0 Å². The molecule has 1 aliphatic rings. The molecule has 1 saturated heterocycles. The van der Waals surface area contributed by atoms with Crippen LogP contribution >= 0.6 is 0 Å². The number of halogens is 6. The molecule has 2 rings (SSSR count). The summed E-state index contributed by atoms with van der Waals surface area (Å²) in [5.41, 5.74) is 1.28. The summed E-state index contributed by atoms with van der Waals surface area (Å²) < 4.78 is 66.2. The minimum atomic E-state index is -11.2. The fourth-order valence-electron chi connectivity index (χ4n) is 1.84. The van der Waals surface area contributed by atoms with Crippen LogP contribution in [0.15, 0.2) is 30.3 Å². The Morgan fingerprint density at radius 1 is 1.00 bits per heavy atom. The fourth-order valence-corrected chi connectivity index (χ4v) is 1.84. The van der Waals surface area contributed by atoms with Crippen LogP contribution in [-0.2, 0) is 4.74 Å².